The van der Waals surface area contributed by atoms with Gasteiger partial charge in [-0.25, -0.2) is 0 Å². The standard InChI is InChI=1S/C20H25N3O4/c1-26-17-11-14-10-16(20(21)25)23(13-15(14)12-18(17)27-2)19(24)6-5-9-22-7-3-4-8-22/h3-4,7-8,11-12,16H,5-6,9-10,13H2,1-2H3,(H2,21,25). The van der Waals surface area contributed by atoms with Crippen LogP contribution in [-0.2, 0) is 29.1 Å². The van der Waals surface area contributed by atoms with Crippen molar-refractivity contribution in [1.82, 2.24) is 9.47 Å². The van der Waals surface area contributed by atoms with Crippen molar-refractivity contribution >= 4 is 11.8 Å². The van der Waals surface area contributed by atoms with Crippen LogP contribution in [0.2, 0.25) is 0 Å². The van der Waals surface area contributed by atoms with Gasteiger partial charge in [0.1, 0.15) is 6.04 Å². The maximum Gasteiger partial charge on any atom is 0.240 e. The van der Waals surface area contributed by atoms with Gasteiger partial charge in [0.25, 0.3) is 0 Å². The Kier molecular flexibility index (Phi) is 5.69. The summed E-state index contributed by atoms with van der Waals surface area (Å²) in [5, 5.41) is 0. The molecule has 2 amide bonds. The first-order chi connectivity index (χ1) is 13.0. The Morgan fingerprint density at radius 2 is 1.74 bits per heavy atom. The number of fused-ring (bicyclic) bond motifs is 1. The minimum Gasteiger partial charge on any atom is -0.493 e. The van der Waals surface area contributed by atoms with Gasteiger partial charge < -0.3 is 24.7 Å². The second-order valence-electron chi connectivity index (χ2n) is 6.64. The lowest BCUT2D eigenvalue weighted by Gasteiger charge is -2.35. The zero-order valence-corrected chi connectivity index (χ0v) is 15.7. The van der Waals surface area contributed by atoms with Gasteiger partial charge in [0.05, 0.1) is 14.2 Å². The van der Waals surface area contributed by atoms with E-state index in [0.29, 0.717) is 37.3 Å². The number of rotatable bonds is 7. The second-order valence-corrected chi connectivity index (χ2v) is 6.64. The average molecular weight is 371 g/mol. The molecule has 27 heavy (non-hydrogen) atoms. The number of methoxy groups -OCH3 is 2. The molecule has 2 heterocycles. The first-order valence-electron chi connectivity index (χ1n) is 8.96. The van der Waals surface area contributed by atoms with Gasteiger partial charge in [0.2, 0.25) is 11.8 Å². The fourth-order valence-electron chi connectivity index (χ4n) is 3.50. The number of carbonyl (C=O) groups is 2. The molecule has 0 fully saturated rings. The normalized spacial score (nSPS) is 15.9. The smallest absolute Gasteiger partial charge is 0.240 e. The number of ether oxygens (including phenoxy) is 2. The minimum atomic E-state index is -0.644. The van der Waals surface area contributed by atoms with Crippen LogP contribution in [0.25, 0.3) is 0 Å². The number of aryl methyl sites for hydroxylation is 1. The van der Waals surface area contributed by atoms with Crippen LogP contribution >= 0.6 is 0 Å². The number of benzene rings is 1. The van der Waals surface area contributed by atoms with Gasteiger partial charge in [0.15, 0.2) is 11.5 Å². The molecule has 0 aliphatic carbocycles. The van der Waals surface area contributed by atoms with E-state index in [1.165, 1.54) is 0 Å². The third kappa shape index (κ3) is 4.07. The van der Waals surface area contributed by atoms with Crippen LogP contribution in [0.3, 0.4) is 0 Å². The SMILES string of the molecule is COc1cc2c(cc1OC)CN(C(=O)CCCn1cccc1)C(C(N)=O)C2. The van der Waals surface area contributed by atoms with Gasteiger partial charge in [-0.05, 0) is 41.8 Å². The molecule has 1 atom stereocenters. The highest BCUT2D eigenvalue weighted by Gasteiger charge is 2.33. The molecule has 3 rings (SSSR count). The van der Waals surface area contributed by atoms with E-state index in [4.69, 9.17) is 15.2 Å². The van der Waals surface area contributed by atoms with Crippen LogP contribution < -0.4 is 15.2 Å². The summed E-state index contributed by atoms with van der Waals surface area (Å²) in [6.07, 6.45) is 5.38. The van der Waals surface area contributed by atoms with Crippen LogP contribution in [0.15, 0.2) is 36.7 Å². The Morgan fingerprint density at radius 3 is 2.33 bits per heavy atom. The Labute approximate surface area is 158 Å². The van der Waals surface area contributed by atoms with Gasteiger partial charge in [-0.2, -0.15) is 0 Å². The van der Waals surface area contributed by atoms with E-state index in [0.717, 1.165) is 17.7 Å². The lowest BCUT2D eigenvalue weighted by molar-refractivity contribution is -0.140. The lowest BCUT2D eigenvalue weighted by atomic mass is 9.92. The molecule has 144 valence electrons. The van der Waals surface area contributed by atoms with Crippen molar-refractivity contribution in [1.29, 1.82) is 0 Å². The van der Waals surface area contributed by atoms with Crippen molar-refractivity contribution in [3.8, 4) is 11.5 Å². The van der Waals surface area contributed by atoms with Crippen molar-refractivity contribution in [2.24, 2.45) is 5.73 Å². The van der Waals surface area contributed by atoms with Crippen molar-refractivity contribution < 1.29 is 19.1 Å². The Balaban J connectivity index is 1.76. The van der Waals surface area contributed by atoms with E-state index >= 15 is 0 Å². The predicted octanol–water partition coefficient (Wildman–Crippen LogP) is 1.72. The third-order valence-electron chi connectivity index (χ3n) is 4.96. The number of hydrogen-bond donors (Lipinski definition) is 1. The summed E-state index contributed by atoms with van der Waals surface area (Å²) in [5.41, 5.74) is 7.49. The van der Waals surface area contributed by atoms with Crippen LogP contribution in [0, 0.1) is 0 Å². The molecule has 0 spiro atoms. The van der Waals surface area contributed by atoms with Gasteiger partial charge in [-0.3, -0.25) is 9.59 Å². The average Bonchev–Trinajstić information content (AvgIpc) is 3.19. The first kappa shape index (κ1) is 18.8. The zero-order chi connectivity index (χ0) is 19.4. The van der Waals surface area contributed by atoms with E-state index in [1.807, 2.05) is 41.2 Å². The Bertz CT molecular complexity index is 817. The molecule has 2 N–H and O–H groups in total. The molecular formula is C20H25N3O4. The number of hydrogen-bond acceptors (Lipinski definition) is 4. The fraction of sp³-hybridized carbons (Fsp3) is 0.400. The summed E-state index contributed by atoms with van der Waals surface area (Å²) < 4.78 is 12.7. The number of nitrogens with zero attached hydrogens (tertiary/aromatic N) is 2. The molecule has 1 aromatic carbocycles. The molecule has 2 aromatic rings. The molecule has 0 saturated carbocycles. The lowest BCUT2D eigenvalue weighted by Crippen LogP contribution is -2.51. The Hall–Kier alpha value is -2.96. The topological polar surface area (TPSA) is 86.8 Å². The summed E-state index contributed by atoms with van der Waals surface area (Å²) in [5.74, 6) is 0.653. The summed E-state index contributed by atoms with van der Waals surface area (Å²) in [4.78, 5) is 26.4. The molecule has 7 heteroatoms. The summed E-state index contributed by atoms with van der Waals surface area (Å²) >= 11 is 0. The van der Waals surface area contributed by atoms with E-state index in [2.05, 4.69) is 0 Å². The summed E-state index contributed by atoms with van der Waals surface area (Å²) in [6.45, 7) is 1.10. The third-order valence-corrected chi connectivity index (χ3v) is 4.96. The highest BCUT2D eigenvalue weighted by atomic mass is 16.5. The number of amides is 2. The zero-order valence-electron chi connectivity index (χ0n) is 15.7. The molecule has 0 bridgehead atoms. The summed E-state index contributed by atoms with van der Waals surface area (Å²) in [7, 11) is 3.14. The monoisotopic (exact) mass is 371 g/mol. The van der Waals surface area contributed by atoms with E-state index in [1.54, 1.807) is 19.1 Å². The molecule has 1 aliphatic heterocycles. The highest BCUT2D eigenvalue weighted by molar-refractivity contribution is 5.87. The van der Waals surface area contributed by atoms with Gasteiger partial charge in [-0.15, -0.1) is 0 Å². The van der Waals surface area contributed by atoms with Crippen LogP contribution in [0.1, 0.15) is 24.0 Å². The highest BCUT2D eigenvalue weighted by Crippen LogP contribution is 2.35. The van der Waals surface area contributed by atoms with Crippen molar-refractivity contribution in [3.63, 3.8) is 0 Å². The minimum absolute atomic E-state index is 0.0635. The number of aromatic nitrogens is 1. The molecular weight excluding hydrogens is 346 g/mol. The largest absolute Gasteiger partial charge is 0.493 e. The van der Waals surface area contributed by atoms with Crippen molar-refractivity contribution in [2.45, 2.75) is 38.4 Å². The van der Waals surface area contributed by atoms with Crippen molar-refractivity contribution in [3.05, 3.63) is 47.8 Å². The molecule has 1 aromatic heterocycles. The van der Waals surface area contributed by atoms with Crippen molar-refractivity contribution in [2.75, 3.05) is 14.2 Å². The van der Waals surface area contributed by atoms with Crippen LogP contribution in [-0.4, -0.2) is 41.5 Å². The number of nitrogens with two attached hydrogens (primary N) is 1. The molecule has 0 saturated heterocycles. The van der Waals surface area contributed by atoms with E-state index < -0.39 is 11.9 Å². The molecule has 7 nitrogen and oxygen atoms in total. The fourth-order valence-corrected chi connectivity index (χ4v) is 3.50. The number of carbonyl (C=O) groups excluding carboxylic acids is 2. The maximum absolute atomic E-state index is 12.8. The molecule has 1 unspecified atom stereocenters. The van der Waals surface area contributed by atoms with E-state index in [-0.39, 0.29) is 5.91 Å². The first-order valence-corrected chi connectivity index (χ1v) is 8.96. The van der Waals surface area contributed by atoms with Gasteiger partial charge >= 0.3 is 0 Å². The predicted molar refractivity (Wildman–Crippen MR) is 100 cm³/mol. The van der Waals surface area contributed by atoms with Crippen LogP contribution in [0.4, 0.5) is 0 Å². The van der Waals surface area contributed by atoms with Crippen LogP contribution in [0.5, 0.6) is 11.5 Å². The quantitative estimate of drug-likeness (QED) is 0.803. The van der Waals surface area contributed by atoms with Gasteiger partial charge in [0, 0.05) is 38.3 Å². The molecule has 1 aliphatic rings. The maximum atomic E-state index is 12.8. The number of primary amides is 1. The molecule has 0 radical (unpaired) electrons. The second kappa shape index (κ2) is 8.16. The Morgan fingerprint density at radius 1 is 1.11 bits per heavy atom. The van der Waals surface area contributed by atoms with E-state index in [9.17, 15) is 9.59 Å². The van der Waals surface area contributed by atoms with Gasteiger partial charge in [-0.1, -0.05) is 0 Å². The summed E-state index contributed by atoms with van der Waals surface area (Å²) in [6, 6.07) is 6.99.